The molecule has 2 aromatic heterocycles. The van der Waals surface area contributed by atoms with Crippen molar-refractivity contribution in [2.24, 2.45) is 0 Å². The average molecular weight is 349 g/mol. The van der Waals surface area contributed by atoms with Gasteiger partial charge in [0.2, 0.25) is 11.9 Å². The van der Waals surface area contributed by atoms with Gasteiger partial charge >= 0.3 is 0 Å². The van der Waals surface area contributed by atoms with Gasteiger partial charge in [0.1, 0.15) is 0 Å². The van der Waals surface area contributed by atoms with Gasteiger partial charge in [-0.15, -0.1) is 0 Å². The van der Waals surface area contributed by atoms with Crippen molar-refractivity contribution in [3.8, 4) is 11.1 Å². The molecule has 0 bridgehead atoms. The van der Waals surface area contributed by atoms with Crippen LogP contribution in [0.1, 0.15) is 31.7 Å². The molecule has 132 valence electrons. The topological polar surface area (TPSA) is 46.1 Å². The monoisotopic (exact) mass is 349 g/mol. The molecule has 1 aliphatic rings. The molecule has 0 spiro atoms. The van der Waals surface area contributed by atoms with Crippen molar-refractivity contribution in [3.05, 3.63) is 54.2 Å². The number of hydrogen-bond acceptors (Lipinski definition) is 3. The summed E-state index contributed by atoms with van der Waals surface area (Å²) in [5.41, 5.74) is 4.52. The molecule has 0 saturated heterocycles. The van der Waals surface area contributed by atoms with Gasteiger partial charge in [-0.25, -0.2) is 4.98 Å². The highest BCUT2D eigenvalue weighted by molar-refractivity contribution is 6.04. The fourth-order valence-electron chi connectivity index (χ4n) is 3.57. The Morgan fingerprint density at radius 2 is 1.88 bits per heavy atom. The Labute approximate surface area is 151 Å². The van der Waals surface area contributed by atoms with Gasteiger partial charge in [0.15, 0.2) is 0 Å². The molecule has 2 heterocycles. The molecule has 0 atom stereocenters. The van der Waals surface area contributed by atoms with Crippen molar-refractivity contribution < 1.29 is 9.18 Å². The molecule has 1 aromatic carbocycles. The van der Waals surface area contributed by atoms with Crippen LogP contribution in [0.15, 0.2) is 42.7 Å². The fraction of sp³-hybridized carbons (Fsp3) is 0.286. The van der Waals surface area contributed by atoms with E-state index in [9.17, 15) is 9.18 Å². The van der Waals surface area contributed by atoms with Gasteiger partial charge < -0.3 is 4.90 Å². The Balaban J connectivity index is 1.90. The standard InChI is InChI=1S/C21H20FN3O/c1-13-11-23-19-8-6-15(16-7-9-20(22)24-12-16)10-18(19)21(13)25(14(2)26)17-4-3-5-17/h6-12,17H,3-5H2,1-2H3. The van der Waals surface area contributed by atoms with E-state index in [-0.39, 0.29) is 11.9 Å². The van der Waals surface area contributed by atoms with E-state index < -0.39 is 5.95 Å². The summed E-state index contributed by atoms with van der Waals surface area (Å²) in [4.78, 5) is 22.6. The highest BCUT2D eigenvalue weighted by Crippen LogP contribution is 2.37. The lowest BCUT2D eigenvalue weighted by atomic mass is 9.90. The molecule has 5 heteroatoms. The lowest BCUT2D eigenvalue weighted by molar-refractivity contribution is -0.117. The number of amides is 1. The van der Waals surface area contributed by atoms with E-state index in [1.165, 1.54) is 12.3 Å². The number of aryl methyl sites for hydroxylation is 1. The SMILES string of the molecule is CC(=O)N(c1c(C)cnc2ccc(-c3ccc(F)nc3)cc12)C1CCC1. The van der Waals surface area contributed by atoms with Gasteiger partial charge in [-0.05, 0) is 61.6 Å². The van der Waals surface area contributed by atoms with Gasteiger partial charge in [0.05, 0.1) is 11.2 Å². The van der Waals surface area contributed by atoms with Crippen LogP contribution in [0.5, 0.6) is 0 Å². The number of nitrogens with zero attached hydrogens (tertiary/aromatic N) is 3. The summed E-state index contributed by atoms with van der Waals surface area (Å²) in [5.74, 6) is -0.445. The zero-order valence-corrected chi connectivity index (χ0v) is 14.9. The predicted molar refractivity (Wildman–Crippen MR) is 100 cm³/mol. The van der Waals surface area contributed by atoms with Crippen molar-refractivity contribution in [2.45, 2.75) is 39.2 Å². The van der Waals surface area contributed by atoms with Crippen LogP contribution in [0.25, 0.3) is 22.0 Å². The molecule has 4 rings (SSSR count). The van der Waals surface area contributed by atoms with Crippen molar-refractivity contribution in [3.63, 3.8) is 0 Å². The zero-order chi connectivity index (χ0) is 18.3. The summed E-state index contributed by atoms with van der Waals surface area (Å²) >= 11 is 0. The van der Waals surface area contributed by atoms with Gasteiger partial charge in [0, 0.05) is 36.3 Å². The van der Waals surface area contributed by atoms with Crippen LogP contribution in [-0.2, 0) is 4.79 Å². The number of benzene rings is 1. The number of carbonyl (C=O) groups is 1. The lowest BCUT2D eigenvalue weighted by Gasteiger charge is -2.38. The summed E-state index contributed by atoms with van der Waals surface area (Å²) < 4.78 is 13.1. The summed E-state index contributed by atoms with van der Waals surface area (Å²) in [6, 6.07) is 9.23. The third-order valence-corrected chi connectivity index (χ3v) is 5.10. The highest BCUT2D eigenvalue weighted by Gasteiger charge is 2.30. The first-order valence-electron chi connectivity index (χ1n) is 8.85. The molecule has 0 N–H and O–H groups in total. The third-order valence-electron chi connectivity index (χ3n) is 5.10. The van der Waals surface area contributed by atoms with E-state index in [4.69, 9.17) is 0 Å². The lowest BCUT2D eigenvalue weighted by Crippen LogP contribution is -2.43. The highest BCUT2D eigenvalue weighted by atomic mass is 19.1. The van der Waals surface area contributed by atoms with Crippen LogP contribution in [-0.4, -0.2) is 21.9 Å². The quantitative estimate of drug-likeness (QED) is 0.647. The first-order chi connectivity index (χ1) is 12.5. The molecule has 0 aliphatic heterocycles. The maximum absolute atomic E-state index is 13.1. The molecule has 1 aliphatic carbocycles. The van der Waals surface area contributed by atoms with Crippen molar-refractivity contribution in [2.75, 3.05) is 4.90 Å². The smallest absolute Gasteiger partial charge is 0.224 e. The zero-order valence-electron chi connectivity index (χ0n) is 14.9. The van der Waals surface area contributed by atoms with E-state index in [1.54, 1.807) is 13.0 Å². The number of rotatable bonds is 3. The average Bonchev–Trinajstić information content (AvgIpc) is 2.58. The Morgan fingerprint density at radius 1 is 1.12 bits per heavy atom. The fourth-order valence-corrected chi connectivity index (χ4v) is 3.57. The second-order valence-electron chi connectivity index (χ2n) is 6.87. The van der Waals surface area contributed by atoms with Crippen molar-refractivity contribution >= 4 is 22.5 Å². The van der Waals surface area contributed by atoms with E-state index >= 15 is 0 Å². The van der Waals surface area contributed by atoms with Crippen LogP contribution in [0, 0.1) is 12.9 Å². The minimum atomic E-state index is -0.500. The van der Waals surface area contributed by atoms with Crippen LogP contribution < -0.4 is 4.90 Å². The minimum absolute atomic E-state index is 0.0548. The number of pyridine rings is 2. The maximum Gasteiger partial charge on any atom is 0.224 e. The second-order valence-corrected chi connectivity index (χ2v) is 6.87. The molecular formula is C21H20FN3O. The molecule has 0 unspecified atom stereocenters. The molecule has 1 fully saturated rings. The van der Waals surface area contributed by atoms with Crippen molar-refractivity contribution in [1.82, 2.24) is 9.97 Å². The second kappa shape index (κ2) is 6.48. The van der Waals surface area contributed by atoms with Gasteiger partial charge in [0.25, 0.3) is 0 Å². The number of fused-ring (bicyclic) bond motifs is 1. The maximum atomic E-state index is 13.1. The Hall–Kier alpha value is -2.82. The third kappa shape index (κ3) is 2.83. The summed E-state index contributed by atoms with van der Waals surface area (Å²) in [6.07, 6.45) is 6.57. The van der Waals surface area contributed by atoms with E-state index in [2.05, 4.69) is 9.97 Å². The molecule has 3 aromatic rings. The Bertz CT molecular complexity index is 980. The van der Waals surface area contributed by atoms with Crippen LogP contribution >= 0.6 is 0 Å². The number of carbonyl (C=O) groups excluding carboxylic acids is 1. The van der Waals surface area contributed by atoms with Crippen LogP contribution in [0.3, 0.4) is 0 Å². The first-order valence-corrected chi connectivity index (χ1v) is 8.85. The number of aromatic nitrogens is 2. The molecule has 1 saturated carbocycles. The van der Waals surface area contributed by atoms with Crippen LogP contribution in [0.2, 0.25) is 0 Å². The summed E-state index contributed by atoms with van der Waals surface area (Å²) in [7, 11) is 0. The van der Waals surface area contributed by atoms with Gasteiger partial charge in [-0.3, -0.25) is 9.78 Å². The molecule has 1 amide bonds. The molecule has 26 heavy (non-hydrogen) atoms. The first kappa shape index (κ1) is 16.6. The number of anilines is 1. The largest absolute Gasteiger partial charge is 0.309 e. The van der Waals surface area contributed by atoms with Gasteiger partial charge in [-0.2, -0.15) is 4.39 Å². The van der Waals surface area contributed by atoms with Crippen molar-refractivity contribution in [1.29, 1.82) is 0 Å². The number of hydrogen-bond donors (Lipinski definition) is 0. The normalized spacial score (nSPS) is 14.3. The molecular weight excluding hydrogens is 329 g/mol. The molecule has 0 radical (unpaired) electrons. The summed E-state index contributed by atoms with van der Waals surface area (Å²) in [6.45, 7) is 3.61. The number of halogens is 1. The summed E-state index contributed by atoms with van der Waals surface area (Å²) in [5, 5.41) is 0.939. The predicted octanol–water partition coefficient (Wildman–Crippen LogP) is 4.65. The van der Waals surface area contributed by atoms with E-state index in [1.807, 2.05) is 36.2 Å². The van der Waals surface area contributed by atoms with E-state index in [0.29, 0.717) is 0 Å². The van der Waals surface area contributed by atoms with Gasteiger partial charge in [-0.1, -0.05) is 6.07 Å². The minimum Gasteiger partial charge on any atom is -0.309 e. The van der Waals surface area contributed by atoms with E-state index in [0.717, 1.165) is 52.5 Å². The Morgan fingerprint density at radius 3 is 2.50 bits per heavy atom. The van der Waals surface area contributed by atoms with Crippen LogP contribution in [0.4, 0.5) is 10.1 Å². The Kier molecular flexibility index (Phi) is 4.15. The molecule has 4 nitrogen and oxygen atoms in total.